The first-order chi connectivity index (χ1) is 10.0. The van der Waals surface area contributed by atoms with Crippen molar-refractivity contribution in [3.05, 3.63) is 18.5 Å². The Kier molecular flexibility index (Phi) is 7.10. The van der Waals surface area contributed by atoms with Crippen LogP contribution in [0.15, 0.2) is 18.5 Å². The Bertz CT molecular complexity index is 455. The fourth-order valence-electron chi connectivity index (χ4n) is 1.70. The molecule has 0 fully saturated rings. The lowest BCUT2D eigenvalue weighted by Crippen LogP contribution is -2.45. The van der Waals surface area contributed by atoms with Crippen LogP contribution in [0.5, 0.6) is 0 Å². The number of nitrogens with zero attached hydrogens (tertiary/aromatic N) is 3. The molecule has 0 saturated heterocycles. The van der Waals surface area contributed by atoms with E-state index in [4.69, 9.17) is 9.84 Å². The number of anilines is 1. The fourth-order valence-corrected chi connectivity index (χ4v) is 1.70. The molecule has 1 amide bonds. The van der Waals surface area contributed by atoms with Gasteiger partial charge < -0.3 is 20.1 Å². The number of carbonyl (C=O) groups is 2. The minimum Gasteiger partial charge on any atom is -0.480 e. The first-order valence-corrected chi connectivity index (χ1v) is 6.54. The molecule has 8 heteroatoms. The van der Waals surface area contributed by atoms with Crippen molar-refractivity contribution < 1.29 is 19.4 Å². The summed E-state index contributed by atoms with van der Waals surface area (Å²) < 4.78 is 4.87. The van der Waals surface area contributed by atoms with Gasteiger partial charge in [-0.05, 0) is 18.9 Å². The van der Waals surface area contributed by atoms with Gasteiger partial charge in [-0.3, -0.25) is 4.79 Å². The van der Waals surface area contributed by atoms with E-state index in [-0.39, 0.29) is 6.54 Å². The highest BCUT2D eigenvalue weighted by Gasteiger charge is 2.20. The van der Waals surface area contributed by atoms with E-state index in [2.05, 4.69) is 15.3 Å². The maximum atomic E-state index is 11.9. The number of ether oxygens (including phenoxy) is 1. The minimum absolute atomic E-state index is 0.0158. The molecule has 0 bridgehead atoms. The van der Waals surface area contributed by atoms with Gasteiger partial charge >= 0.3 is 5.97 Å². The summed E-state index contributed by atoms with van der Waals surface area (Å²) in [6, 6.07) is 0.756. The number of carboxylic acids is 1. The molecule has 1 aromatic heterocycles. The van der Waals surface area contributed by atoms with Gasteiger partial charge in [-0.2, -0.15) is 0 Å². The van der Waals surface area contributed by atoms with E-state index < -0.39 is 17.9 Å². The number of aromatic nitrogens is 2. The maximum Gasteiger partial charge on any atom is 0.326 e. The molecular weight excluding hydrogens is 276 g/mol. The number of amides is 1. The quantitative estimate of drug-likeness (QED) is 0.613. The van der Waals surface area contributed by atoms with Crippen molar-refractivity contribution in [3.63, 3.8) is 0 Å². The zero-order chi connectivity index (χ0) is 15.7. The molecule has 0 spiro atoms. The number of likely N-dealkylation sites (N-methyl/N-ethyl adjacent to an activating group) is 1. The molecule has 0 aliphatic heterocycles. The molecule has 0 saturated carbocycles. The number of hydrogen-bond donors (Lipinski definition) is 2. The van der Waals surface area contributed by atoms with Gasteiger partial charge in [0.1, 0.15) is 6.04 Å². The van der Waals surface area contributed by atoms with Crippen LogP contribution in [0.3, 0.4) is 0 Å². The fraction of sp³-hybridized carbons (Fsp3) is 0.538. The summed E-state index contributed by atoms with van der Waals surface area (Å²) in [6.07, 6.45) is 4.02. The monoisotopic (exact) mass is 296 g/mol. The molecule has 0 radical (unpaired) electrons. The smallest absolute Gasteiger partial charge is 0.326 e. The topological polar surface area (TPSA) is 105 Å². The molecule has 1 aromatic rings. The highest BCUT2D eigenvalue weighted by Crippen LogP contribution is 2.02. The lowest BCUT2D eigenvalue weighted by Gasteiger charge is -2.19. The summed E-state index contributed by atoms with van der Waals surface area (Å²) in [4.78, 5) is 32.5. The molecule has 2 N–H and O–H groups in total. The van der Waals surface area contributed by atoms with E-state index in [0.29, 0.717) is 25.4 Å². The van der Waals surface area contributed by atoms with Gasteiger partial charge in [0.25, 0.3) is 0 Å². The predicted molar refractivity (Wildman–Crippen MR) is 76.0 cm³/mol. The third-order valence-corrected chi connectivity index (χ3v) is 2.75. The van der Waals surface area contributed by atoms with E-state index in [1.807, 2.05) is 0 Å². The van der Waals surface area contributed by atoms with Gasteiger partial charge in [0.2, 0.25) is 11.9 Å². The summed E-state index contributed by atoms with van der Waals surface area (Å²) in [7, 11) is 3.21. The Balaban J connectivity index is 2.48. The normalized spacial score (nSPS) is 11.7. The maximum absolute atomic E-state index is 11.9. The number of hydrogen-bond acceptors (Lipinski definition) is 6. The third-order valence-electron chi connectivity index (χ3n) is 2.75. The number of nitrogens with one attached hydrogen (secondary N) is 1. The minimum atomic E-state index is -1.06. The van der Waals surface area contributed by atoms with Crippen molar-refractivity contribution in [1.82, 2.24) is 15.3 Å². The number of carbonyl (C=O) groups excluding carboxylic acids is 1. The Morgan fingerprint density at radius 1 is 1.43 bits per heavy atom. The Hall–Kier alpha value is -2.22. The predicted octanol–water partition coefficient (Wildman–Crippen LogP) is -0.0912. The summed E-state index contributed by atoms with van der Waals surface area (Å²) in [5.41, 5.74) is 0. The standard InChI is InChI=1S/C13H20N4O4/c1-17(13-14-6-4-7-15-13)9-11(18)16-10(12(19)20)5-3-8-21-2/h4,6-7,10H,3,5,8-9H2,1-2H3,(H,16,18)(H,19,20). The highest BCUT2D eigenvalue weighted by molar-refractivity contribution is 5.86. The van der Waals surface area contributed by atoms with Crippen LogP contribution in [0, 0.1) is 0 Å². The molecule has 1 rings (SSSR count). The second-order valence-corrected chi connectivity index (χ2v) is 4.50. The summed E-state index contributed by atoms with van der Waals surface area (Å²) in [6.45, 7) is 0.440. The summed E-state index contributed by atoms with van der Waals surface area (Å²) >= 11 is 0. The van der Waals surface area contributed by atoms with Crippen molar-refractivity contribution in [1.29, 1.82) is 0 Å². The lowest BCUT2D eigenvalue weighted by molar-refractivity contribution is -0.141. The van der Waals surface area contributed by atoms with E-state index in [1.54, 1.807) is 37.5 Å². The zero-order valence-corrected chi connectivity index (χ0v) is 12.2. The van der Waals surface area contributed by atoms with Gasteiger partial charge in [-0.1, -0.05) is 0 Å². The molecule has 1 heterocycles. The Labute approximate surface area is 123 Å². The van der Waals surface area contributed by atoms with Gasteiger partial charge in [0.05, 0.1) is 6.54 Å². The Morgan fingerprint density at radius 2 is 2.10 bits per heavy atom. The van der Waals surface area contributed by atoms with Crippen LogP contribution in [-0.2, 0) is 14.3 Å². The van der Waals surface area contributed by atoms with E-state index >= 15 is 0 Å². The van der Waals surface area contributed by atoms with Crippen LogP contribution in [0.4, 0.5) is 5.95 Å². The second-order valence-electron chi connectivity index (χ2n) is 4.50. The highest BCUT2D eigenvalue weighted by atomic mass is 16.5. The number of carboxylic acid groups (broad SMARTS) is 1. The second kappa shape index (κ2) is 8.85. The van der Waals surface area contributed by atoms with E-state index in [1.165, 1.54) is 0 Å². The zero-order valence-electron chi connectivity index (χ0n) is 12.2. The molecule has 21 heavy (non-hydrogen) atoms. The van der Waals surface area contributed by atoms with Gasteiger partial charge in [-0.15, -0.1) is 0 Å². The molecule has 0 aliphatic carbocycles. The van der Waals surface area contributed by atoms with Crippen LogP contribution >= 0.6 is 0 Å². The van der Waals surface area contributed by atoms with Gasteiger partial charge in [-0.25, -0.2) is 14.8 Å². The van der Waals surface area contributed by atoms with E-state index in [0.717, 1.165) is 0 Å². The van der Waals surface area contributed by atoms with E-state index in [9.17, 15) is 9.59 Å². The summed E-state index contributed by atoms with van der Waals surface area (Å²) in [5, 5.41) is 11.6. The lowest BCUT2D eigenvalue weighted by atomic mass is 10.1. The largest absolute Gasteiger partial charge is 0.480 e. The SMILES string of the molecule is COCCCC(NC(=O)CN(C)c1ncccn1)C(=O)O. The van der Waals surface area contributed by atoms with Crippen LogP contribution < -0.4 is 10.2 Å². The van der Waals surface area contributed by atoms with Crippen molar-refractivity contribution in [2.75, 3.05) is 32.2 Å². The van der Waals surface area contributed by atoms with Crippen molar-refractivity contribution in [2.24, 2.45) is 0 Å². The van der Waals surface area contributed by atoms with Gasteiger partial charge in [0, 0.05) is 33.2 Å². The number of rotatable bonds is 9. The van der Waals surface area contributed by atoms with Crippen LogP contribution in [-0.4, -0.2) is 60.3 Å². The average molecular weight is 296 g/mol. The molecule has 0 aliphatic rings. The third kappa shape index (κ3) is 6.17. The molecule has 1 unspecified atom stereocenters. The molecule has 0 aromatic carbocycles. The average Bonchev–Trinajstić information content (AvgIpc) is 2.47. The molecular formula is C13H20N4O4. The van der Waals surface area contributed by atoms with Crippen LogP contribution in [0.2, 0.25) is 0 Å². The summed E-state index contributed by atoms with van der Waals surface area (Å²) in [5.74, 6) is -1.05. The Morgan fingerprint density at radius 3 is 2.67 bits per heavy atom. The first kappa shape index (κ1) is 16.8. The van der Waals surface area contributed by atoms with Crippen molar-refractivity contribution in [3.8, 4) is 0 Å². The molecule has 116 valence electrons. The van der Waals surface area contributed by atoms with Gasteiger partial charge in [0.15, 0.2) is 0 Å². The van der Waals surface area contributed by atoms with Crippen LogP contribution in [0.25, 0.3) is 0 Å². The van der Waals surface area contributed by atoms with Crippen molar-refractivity contribution in [2.45, 2.75) is 18.9 Å². The first-order valence-electron chi connectivity index (χ1n) is 6.54. The molecule has 8 nitrogen and oxygen atoms in total. The van der Waals surface area contributed by atoms with Crippen molar-refractivity contribution >= 4 is 17.8 Å². The van der Waals surface area contributed by atoms with Crippen LogP contribution in [0.1, 0.15) is 12.8 Å². The number of aliphatic carboxylic acids is 1. The molecule has 1 atom stereocenters. The number of methoxy groups -OCH3 is 1.